The van der Waals surface area contributed by atoms with E-state index in [2.05, 4.69) is 74.6 Å². The molecule has 0 fully saturated rings. The molecule has 0 N–H and O–H groups in total. The predicted molar refractivity (Wildman–Crippen MR) is 360 cm³/mol. The number of hydrogen-bond acceptors (Lipinski definition) is 8. The first-order valence-corrected chi connectivity index (χ1v) is 37.5. The van der Waals surface area contributed by atoms with Crippen molar-refractivity contribution >= 4 is 19.8 Å². The van der Waals surface area contributed by atoms with E-state index in [9.17, 15) is 19.0 Å². The molecule has 0 aromatic carbocycles. The highest BCUT2D eigenvalue weighted by Gasteiger charge is 2.22. The minimum absolute atomic E-state index is 0.0385. The van der Waals surface area contributed by atoms with Gasteiger partial charge in [0.2, 0.25) is 0 Å². The second-order valence-corrected chi connectivity index (χ2v) is 27.0. The number of phosphoric acid groups is 1. The van der Waals surface area contributed by atoms with Crippen LogP contribution < -0.4 is 4.89 Å². The summed E-state index contributed by atoms with van der Waals surface area (Å²) in [4.78, 5) is 38.0. The van der Waals surface area contributed by atoms with E-state index in [1.165, 1.54) is 244 Å². The van der Waals surface area contributed by atoms with Gasteiger partial charge in [-0.05, 0) is 57.8 Å². The normalized spacial score (nSPS) is 13.5. The van der Waals surface area contributed by atoms with Gasteiger partial charge in [-0.15, -0.1) is 0 Å². The van der Waals surface area contributed by atoms with Gasteiger partial charge in [0.1, 0.15) is 19.8 Å². The van der Waals surface area contributed by atoms with Crippen LogP contribution in [-0.4, -0.2) is 70.0 Å². The minimum Gasteiger partial charge on any atom is -0.756 e. The van der Waals surface area contributed by atoms with Crippen molar-refractivity contribution in [2.75, 3.05) is 47.5 Å². The Labute approximate surface area is 521 Å². The summed E-state index contributed by atoms with van der Waals surface area (Å²) in [7, 11) is 1.15. The number of quaternary nitrogens is 1. The van der Waals surface area contributed by atoms with Crippen LogP contribution in [0.15, 0.2) is 60.8 Å². The summed E-state index contributed by atoms with van der Waals surface area (Å²) in [5, 5.41) is 0. The number of carbonyl (C=O) groups is 2. The van der Waals surface area contributed by atoms with E-state index in [1.54, 1.807) is 0 Å². The summed E-state index contributed by atoms with van der Waals surface area (Å²) in [6, 6.07) is 0. The van der Waals surface area contributed by atoms with Crippen LogP contribution in [0.25, 0.3) is 0 Å². The number of unbranched alkanes of at least 4 members (excludes halogenated alkanes) is 43. The zero-order valence-electron chi connectivity index (χ0n) is 56.1. The lowest BCUT2D eigenvalue weighted by molar-refractivity contribution is -0.870. The molecule has 0 aromatic rings. The smallest absolute Gasteiger partial charge is 0.306 e. The lowest BCUT2D eigenvalue weighted by atomic mass is 10.0. The van der Waals surface area contributed by atoms with Crippen LogP contribution in [0, 0.1) is 0 Å². The van der Waals surface area contributed by atoms with E-state index in [0.717, 1.165) is 70.6 Å². The number of phosphoric ester groups is 1. The second-order valence-electron chi connectivity index (χ2n) is 25.6. The molecular formula is C74H138NO8P. The van der Waals surface area contributed by atoms with Gasteiger partial charge in [-0.2, -0.15) is 0 Å². The molecule has 0 aliphatic carbocycles. The largest absolute Gasteiger partial charge is 0.756 e. The summed E-state index contributed by atoms with van der Waals surface area (Å²) in [5.74, 6) is -0.860. The Hall–Kier alpha value is -2.29. The molecule has 9 nitrogen and oxygen atoms in total. The average molecular weight is 1200 g/mol. The number of nitrogens with zero attached hydrogens (tertiary/aromatic N) is 1. The maximum atomic E-state index is 12.8. The van der Waals surface area contributed by atoms with E-state index in [1.807, 2.05) is 21.1 Å². The third-order valence-corrected chi connectivity index (χ3v) is 17.0. The first-order valence-electron chi connectivity index (χ1n) is 36.0. The molecule has 0 aliphatic rings. The van der Waals surface area contributed by atoms with Gasteiger partial charge < -0.3 is 27.9 Å². The van der Waals surface area contributed by atoms with E-state index in [-0.39, 0.29) is 32.0 Å². The molecule has 0 aliphatic heterocycles. The first kappa shape index (κ1) is 81.7. The van der Waals surface area contributed by atoms with Crippen molar-refractivity contribution in [3.8, 4) is 0 Å². The summed E-state index contributed by atoms with van der Waals surface area (Å²) in [6.45, 7) is 4.13. The SMILES string of the molecule is CC/C=C\C/C=C\C/C=C\C/C=C\C/C=C\CCCCCC(=O)OC(COC(=O)CCCCCCCCCCCCCCCCCCCCCCCCCCCCCCCCCCCCCCCCCCC)COP(=O)([O-])OCC[N+](C)(C)C. The number of carbonyl (C=O) groups excluding carboxylic acids is 2. The van der Waals surface area contributed by atoms with Crippen molar-refractivity contribution in [1.29, 1.82) is 0 Å². The number of hydrogen-bond donors (Lipinski definition) is 0. The van der Waals surface area contributed by atoms with Crippen LogP contribution in [0.1, 0.15) is 348 Å². The standard InChI is InChI=1S/C74H138NO8P/c1-6-8-10-12-14-16-18-20-22-24-26-27-28-29-30-31-32-33-34-35-36-37-38-39-40-41-42-43-44-45-46-47-49-50-52-54-56-58-60-62-64-66-73(76)80-70-72(71-82-84(78,79)81-69-68-75(3,4)5)83-74(77)67-65-63-61-59-57-55-53-51-48-25-23-21-19-17-15-13-11-9-7-2/h9,11,15,17,21,23,48,51,55,57,72H,6-8,10,12-14,16,18-20,22,24-47,49-50,52-54,56,58-71H2,1-5H3/b11-9-,17-15-,23-21-,51-48-,57-55-. The lowest BCUT2D eigenvalue weighted by Crippen LogP contribution is -2.37. The van der Waals surface area contributed by atoms with Crippen LogP contribution >= 0.6 is 7.82 Å². The summed E-state index contributed by atoms with van der Waals surface area (Å²) in [5.41, 5.74) is 0. The van der Waals surface area contributed by atoms with Gasteiger partial charge in [-0.25, -0.2) is 0 Å². The fraction of sp³-hybridized carbons (Fsp3) is 0.838. The highest BCUT2D eigenvalue weighted by Crippen LogP contribution is 2.38. The van der Waals surface area contributed by atoms with Crippen molar-refractivity contribution in [3.63, 3.8) is 0 Å². The number of ether oxygens (including phenoxy) is 2. The molecule has 0 saturated heterocycles. The maximum absolute atomic E-state index is 12.8. The van der Waals surface area contributed by atoms with Gasteiger partial charge in [-0.3, -0.25) is 14.2 Å². The monoisotopic (exact) mass is 1200 g/mol. The molecule has 2 atom stereocenters. The Morgan fingerprint density at radius 1 is 0.381 bits per heavy atom. The molecule has 0 aromatic heterocycles. The summed E-state index contributed by atoms with van der Waals surface area (Å²) in [6.07, 6.45) is 86.4. The van der Waals surface area contributed by atoms with Gasteiger partial charge >= 0.3 is 11.9 Å². The van der Waals surface area contributed by atoms with Gasteiger partial charge in [0.05, 0.1) is 27.7 Å². The van der Waals surface area contributed by atoms with Crippen molar-refractivity contribution < 1.29 is 42.1 Å². The Bertz CT molecular complexity index is 1600. The van der Waals surface area contributed by atoms with Crippen molar-refractivity contribution in [3.05, 3.63) is 60.8 Å². The molecule has 0 bridgehead atoms. The zero-order valence-corrected chi connectivity index (χ0v) is 57.0. The van der Waals surface area contributed by atoms with Gasteiger partial charge in [-0.1, -0.05) is 338 Å². The van der Waals surface area contributed by atoms with Gasteiger partial charge in [0.25, 0.3) is 7.82 Å². The van der Waals surface area contributed by atoms with Crippen LogP contribution in [0.2, 0.25) is 0 Å². The van der Waals surface area contributed by atoms with Gasteiger partial charge in [0, 0.05) is 12.8 Å². The van der Waals surface area contributed by atoms with E-state index < -0.39 is 26.5 Å². The number of rotatable bonds is 67. The fourth-order valence-corrected chi connectivity index (χ4v) is 11.3. The average Bonchev–Trinajstić information content (AvgIpc) is 3.61. The third kappa shape index (κ3) is 68.8. The van der Waals surface area contributed by atoms with Crippen molar-refractivity contribution in [2.24, 2.45) is 0 Å². The van der Waals surface area contributed by atoms with Crippen LogP contribution in [0.4, 0.5) is 0 Å². The minimum atomic E-state index is -4.65. The highest BCUT2D eigenvalue weighted by molar-refractivity contribution is 7.45. The third-order valence-electron chi connectivity index (χ3n) is 16.1. The Morgan fingerprint density at radius 2 is 0.679 bits per heavy atom. The van der Waals surface area contributed by atoms with Crippen LogP contribution in [0.3, 0.4) is 0 Å². The molecule has 0 amide bonds. The zero-order chi connectivity index (χ0) is 61.2. The molecule has 84 heavy (non-hydrogen) atoms. The number of allylic oxidation sites excluding steroid dienone is 10. The number of esters is 2. The topological polar surface area (TPSA) is 111 Å². The molecule has 2 unspecified atom stereocenters. The highest BCUT2D eigenvalue weighted by atomic mass is 31.2. The molecule has 0 saturated carbocycles. The Balaban J connectivity index is 3.88. The molecule has 10 heteroatoms. The fourth-order valence-electron chi connectivity index (χ4n) is 10.6. The molecule has 492 valence electrons. The van der Waals surface area contributed by atoms with E-state index in [0.29, 0.717) is 17.4 Å². The van der Waals surface area contributed by atoms with E-state index >= 15 is 0 Å². The second kappa shape index (κ2) is 65.2. The van der Waals surface area contributed by atoms with Gasteiger partial charge in [0.15, 0.2) is 6.10 Å². The van der Waals surface area contributed by atoms with Crippen molar-refractivity contribution in [2.45, 2.75) is 354 Å². The predicted octanol–water partition coefficient (Wildman–Crippen LogP) is 22.8. The first-order chi connectivity index (χ1) is 41.0. The molecular weight excluding hydrogens is 1060 g/mol. The molecule has 0 spiro atoms. The molecule has 0 radical (unpaired) electrons. The summed E-state index contributed by atoms with van der Waals surface area (Å²) >= 11 is 0. The van der Waals surface area contributed by atoms with E-state index in [4.69, 9.17) is 18.5 Å². The quantitative estimate of drug-likeness (QED) is 0.0195. The molecule has 0 rings (SSSR count). The Morgan fingerprint density at radius 3 is 1.01 bits per heavy atom. The molecule has 0 heterocycles. The van der Waals surface area contributed by atoms with Crippen molar-refractivity contribution in [1.82, 2.24) is 0 Å². The van der Waals surface area contributed by atoms with Crippen LogP contribution in [-0.2, 0) is 32.7 Å². The maximum Gasteiger partial charge on any atom is 0.306 e. The summed E-state index contributed by atoms with van der Waals surface area (Å²) < 4.78 is 34.2. The number of likely N-dealkylation sites (N-methyl/N-ethyl adjacent to an activating group) is 1. The lowest BCUT2D eigenvalue weighted by Gasteiger charge is -2.28. The Kier molecular flexibility index (Phi) is 63.4. The van der Waals surface area contributed by atoms with Crippen LogP contribution in [0.5, 0.6) is 0 Å².